The molecule has 2 N–H and O–H groups in total. The Hall–Kier alpha value is -2.60. The maximum absolute atomic E-state index is 12.1. The van der Waals surface area contributed by atoms with Crippen molar-refractivity contribution in [2.24, 2.45) is 0 Å². The fraction of sp³-hybridized carbons (Fsp3) is 0.400. The number of benzene rings is 1. The third-order valence-corrected chi connectivity index (χ3v) is 4.45. The van der Waals surface area contributed by atoms with Crippen molar-refractivity contribution in [3.63, 3.8) is 0 Å². The number of hydrogen-bond donors (Lipinski definition) is 2. The number of anilines is 1. The Balaban J connectivity index is 1.43. The van der Waals surface area contributed by atoms with Gasteiger partial charge in [-0.3, -0.25) is 14.5 Å². The van der Waals surface area contributed by atoms with E-state index >= 15 is 0 Å². The topological polar surface area (TPSA) is 74.6 Å². The highest BCUT2D eigenvalue weighted by atomic mass is 16.3. The van der Waals surface area contributed by atoms with Crippen LogP contribution in [0.2, 0.25) is 0 Å². The second-order valence-corrected chi connectivity index (χ2v) is 6.57. The van der Waals surface area contributed by atoms with Gasteiger partial charge in [0.25, 0.3) is 5.91 Å². The molecule has 2 aromatic rings. The molecule has 1 fully saturated rings. The zero-order valence-electron chi connectivity index (χ0n) is 14.9. The number of nitrogens with one attached hydrogen (secondary N) is 2. The number of carbonyl (C=O) groups is 2. The molecule has 6 heteroatoms. The molecule has 0 bridgehead atoms. The molecular weight excluding hydrogens is 330 g/mol. The predicted molar refractivity (Wildman–Crippen MR) is 99.9 cm³/mol. The zero-order chi connectivity index (χ0) is 18.2. The van der Waals surface area contributed by atoms with Crippen LogP contribution in [0.4, 0.5) is 5.69 Å². The summed E-state index contributed by atoms with van der Waals surface area (Å²) in [5.74, 6) is -0.193. The Morgan fingerprint density at radius 3 is 2.69 bits per heavy atom. The average molecular weight is 355 g/mol. The van der Waals surface area contributed by atoms with E-state index in [2.05, 4.69) is 21.6 Å². The van der Waals surface area contributed by atoms with Crippen LogP contribution < -0.4 is 10.6 Å². The first-order chi connectivity index (χ1) is 12.7. The van der Waals surface area contributed by atoms with Crippen LogP contribution in [0.25, 0.3) is 0 Å². The van der Waals surface area contributed by atoms with Crippen LogP contribution in [0, 0.1) is 0 Å². The molecule has 0 spiro atoms. The maximum Gasteiger partial charge on any atom is 0.286 e. The fourth-order valence-electron chi connectivity index (χ4n) is 3.13. The van der Waals surface area contributed by atoms with Crippen LogP contribution in [0.3, 0.4) is 0 Å². The fourth-order valence-corrected chi connectivity index (χ4v) is 3.13. The molecule has 1 aromatic carbocycles. The van der Waals surface area contributed by atoms with Crippen molar-refractivity contribution in [3.8, 4) is 0 Å². The van der Waals surface area contributed by atoms with Crippen LogP contribution in [0.15, 0.2) is 47.1 Å². The van der Waals surface area contributed by atoms with Crippen LogP contribution in [-0.2, 0) is 11.3 Å². The van der Waals surface area contributed by atoms with Crippen LogP contribution >= 0.6 is 0 Å². The predicted octanol–water partition coefficient (Wildman–Crippen LogP) is 3.02. The Kier molecular flexibility index (Phi) is 6.44. The number of nitrogens with zero attached hydrogens (tertiary/aromatic N) is 1. The molecule has 0 aliphatic carbocycles. The molecule has 2 amide bonds. The zero-order valence-corrected chi connectivity index (χ0v) is 14.9. The summed E-state index contributed by atoms with van der Waals surface area (Å²) < 4.78 is 5.01. The molecule has 0 unspecified atom stereocenters. The van der Waals surface area contributed by atoms with Gasteiger partial charge in [0.05, 0.1) is 6.26 Å². The summed E-state index contributed by atoms with van der Waals surface area (Å²) in [6.07, 6.45) is 5.50. The van der Waals surface area contributed by atoms with Gasteiger partial charge in [0, 0.05) is 25.2 Å². The summed E-state index contributed by atoms with van der Waals surface area (Å²) in [5, 5.41) is 5.56. The first kappa shape index (κ1) is 18.2. The Bertz CT molecular complexity index is 722. The molecule has 2 heterocycles. The second kappa shape index (κ2) is 9.20. The highest BCUT2D eigenvalue weighted by Crippen LogP contribution is 2.16. The largest absolute Gasteiger partial charge is 0.459 e. The molecule has 26 heavy (non-hydrogen) atoms. The van der Waals surface area contributed by atoms with E-state index in [1.54, 1.807) is 12.1 Å². The lowest BCUT2D eigenvalue weighted by Gasteiger charge is -2.26. The van der Waals surface area contributed by atoms with E-state index < -0.39 is 0 Å². The van der Waals surface area contributed by atoms with Crippen LogP contribution in [0.5, 0.6) is 0 Å². The number of furan rings is 1. The molecule has 0 atom stereocenters. The first-order valence-corrected chi connectivity index (χ1v) is 9.13. The van der Waals surface area contributed by atoms with E-state index in [4.69, 9.17) is 4.42 Å². The first-order valence-electron chi connectivity index (χ1n) is 9.13. The van der Waals surface area contributed by atoms with Crippen molar-refractivity contribution in [3.05, 3.63) is 54.0 Å². The van der Waals surface area contributed by atoms with Gasteiger partial charge in [-0.1, -0.05) is 18.6 Å². The minimum atomic E-state index is -0.314. The van der Waals surface area contributed by atoms with E-state index in [9.17, 15) is 9.59 Å². The van der Waals surface area contributed by atoms with Crippen molar-refractivity contribution in [2.45, 2.75) is 32.2 Å². The van der Waals surface area contributed by atoms with Gasteiger partial charge >= 0.3 is 0 Å². The maximum atomic E-state index is 12.1. The molecule has 1 aliphatic heterocycles. The van der Waals surface area contributed by atoms with Crippen LogP contribution in [0.1, 0.15) is 41.8 Å². The quantitative estimate of drug-likeness (QED) is 0.801. The highest BCUT2D eigenvalue weighted by molar-refractivity contribution is 5.93. The number of piperidine rings is 1. The minimum absolute atomic E-state index is 0.125. The van der Waals surface area contributed by atoms with Gasteiger partial charge in [-0.25, -0.2) is 0 Å². The van der Waals surface area contributed by atoms with Crippen molar-refractivity contribution < 1.29 is 14.0 Å². The van der Waals surface area contributed by atoms with Gasteiger partial charge in [-0.2, -0.15) is 0 Å². The second-order valence-electron chi connectivity index (χ2n) is 6.57. The van der Waals surface area contributed by atoms with Gasteiger partial charge in [-0.05, 0) is 55.8 Å². The third kappa shape index (κ3) is 5.46. The number of rotatable bonds is 7. The van der Waals surface area contributed by atoms with Crippen molar-refractivity contribution >= 4 is 17.5 Å². The minimum Gasteiger partial charge on any atom is -0.459 e. The number of amides is 2. The lowest BCUT2D eigenvalue weighted by molar-refractivity contribution is -0.116. The lowest BCUT2D eigenvalue weighted by Crippen LogP contribution is -2.29. The monoisotopic (exact) mass is 355 g/mol. The highest BCUT2D eigenvalue weighted by Gasteiger charge is 2.11. The van der Waals surface area contributed by atoms with Gasteiger partial charge in [0.15, 0.2) is 5.76 Å². The van der Waals surface area contributed by atoms with E-state index in [1.807, 2.05) is 18.2 Å². The molecule has 1 saturated heterocycles. The number of hydrogen-bond acceptors (Lipinski definition) is 4. The molecule has 1 aromatic heterocycles. The lowest BCUT2D eigenvalue weighted by atomic mass is 10.1. The van der Waals surface area contributed by atoms with E-state index in [0.717, 1.165) is 25.3 Å². The van der Waals surface area contributed by atoms with Gasteiger partial charge in [-0.15, -0.1) is 0 Å². The van der Waals surface area contributed by atoms with Gasteiger partial charge in [0.1, 0.15) is 0 Å². The summed E-state index contributed by atoms with van der Waals surface area (Å²) in [5.41, 5.74) is 2.00. The Labute approximate surface area is 153 Å². The Morgan fingerprint density at radius 1 is 1.08 bits per heavy atom. The van der Waals surface area contributed by atoms with Crippen molar-refractivity contribution in [1.29, 1.82) is 0 Å². The smallest absolute Gasteiger partial charge is 0.286 e. The summed E-state index contributed by atoms with van der Waals surface area (Å²) in [6, 6.07) is 11.2. The van der Waals surface area contributed by atoms with E-state index in [0.29, 0.717) is 0 Å². The standard InChI is InChI=1S/C20H25N3O3/c24-19(9-10-21-20(25)18-8-5-13-26-18)22-17-7-4-6-16(14-17)15-23-11-2-1-3-12-23/h4-8,13-14H,1-3,9-12,15H2,(H,21,25)(H,22,24). The molecule has 3 rings (SSSR count). The third-order valence-electron chi connectivity index (χ3n) is 4.45. The van der Waals surface area contributed by atoms with E-state index in [1.165, 1.54) is 31.1 Å². The molecule has 6 nitrogen and oxygen atoms in total. The van der Waals surface area contributed by atoms with E-state index in [-0.39, 0.29) is 30.5 Å². The molecule has 1 aliphatic rings. The SMILES string of the molecule is O=C(CCNC(=O)c1ccco1)Nc1cccc(CN2CCCCC2)c1. The summed E-state index contributed by atoms with van der Waals surface area (Å²) >= 11 is 0. The van der Waals surface area contributed by atoms with Gasteiger partial charge in [0.2, 0.25) is 5.91 Å². The summed E-state index contributed by atoms with van der Waals surface area (Å²) in [7, 11) is 0. The normalized spacial score (nSPS) is 14.8. The van der Waals surface area contributed by atoms with Crippen LogP contribution in [-0.4, -0.2) is 36.3 Å². The molecule has 0 saturated carbocycles. The van der Waals surface area contributed by atoms with Crippen molar-refractivity contribution in [2.75, 3.05) is 25.0 Å². The Morgan fingerprint density at radius 2 is 1.92 bits per heavy atom. The molecule has 138 valence electrons. The number of likely N-dealkylation sites (tertiary alicyclic amines) is 1. The van der Waals surface area contributed by atoms with Crippen molar-refractivity contribution in [1.82, 2.24) is 10.2 Å². The summed E-state index contributed by atoms with van der Waals surface area (Å²) in [6.45, 7) is 3.47. The molecule has 0 radical (unpaired) electrons. The summed E-state index contributed by atoms with van der Waals surface area (Å²) in [4.78, 5) is 26.3. The van der Waals surface area contributed by atoms with Gasteiger partial charge < -0.3 is 15.1 Å². The number of carbonyl (C=O) groups excluding carboxylic acids is 2. The molecular formula is C20H25N3O3. The average Bonchev–Trinajstić information content (AvgIpc) is 3.17.